The van der Waals surface area contributed by atoms with E-state index in [1.807, 2.05) is 66.9 Å². The summed E-state index contributed by atoms with van der Waals surface area (Å²) in [6.07, 6.45) is 3.64. The molecule has 3 aromatic carbocycles. The van der Waals surface area contributed by atoms with Gasteiger partial charge in [-0.25, -0.2) is 5.43 Å². The lowest BCUT2D eigenvalue weighted by atomic mass is 10.2. The van der Waals surface area contributed by atoms with Crippen molar-refractivity contribution in [1.29, 1.82) is 0 Å². The number of fused-ring (bicyclic) bond motifs is 2. The summed E-state index contributed by atoms with van der Waals surface area (Å²) in [5.74, 6) is -0.204. The van der Waals surface area contributed by atoms with E-state index in [1.165, 1.54) is 0 Å². The maximum Gasteiger partial charge on any atom is 0.307 e. The van der Waals surface area contributed by atoms with Gasteiger partial charge in [-0.3, -0.25) is 4.79 Å². The molecule has 0 unspecified atom stereocenters. The molecule has 0 saturated heterocycles. The first-order chi connectivity index (χ1) is 15.6. The van der Waals surface area contributed by atoms with Crippen LogP contribution in [0.4, 0.5) is 0 Å². The monoisotopic (exact) mass is 505 g/mol. The molecule has 5 nitrogen and oxygen atoms in total. The number of carbonyl (C=O) groups excluding carboxylic acids is 1. The third kappa shape index (κ3) is 4.07. The molecule has 2 aromatic heterocycles. The molecule has 2 heterocycles. The van der Waals surface area contributed by atoms with Crippen LogP contribution in [0, 0.1) is 0 Å². The number of nitrogens with one attached hydrogen (secondary N) is 1. The molecule has 1 amide bonds. The number of halogens is 2. The van der Waals surface area contributed by atoms with E-state index in [0.29, 0.717) is 12.1 Å². The molecule has 1 N–H and O–H groups in total. The Balaban J connectivity index is 1.38. The molecule has 7 heteroatoms. The fraction of sp³-hybridized carbons (Fsp3) is 0.0400. The Labute approximate surface area is 197 Å². The lowest BCUT2D eigenvalue weighted by Gasteiger charge is -2.07. The van der Waals surface area contributed by atoms with Gasteiger partial charge in [-0.15, -0.1) is 0 Å². The summed E-state index contributed by atoms with van der Waals surface area (Å²) in [4.78, 5) is 12.5. The van der Waals surface area contributed by atoms with Crippen molar-refractivity contribution in [3.05, 3.63) is 105 Å². The van der Waals surface area contributed by atoms with Crippen molar-refractivity contribution in [1.82, 2.24) is 9.99 Å². The Bertz CT molecular complexity index is 1490. The molecular formula is C25H17BrClN3O2. The number of hydrogen-bond donors (Lipinski definition) is 1. The lowest BCUT2D eigenvalue weighted by molar-refractivity contribution is 0.0929. The highest BCUT2D eigenvalue weighted by molar-refractivity contribution is 9.10. The van der Waals surface area contributed by atoms with Crippen LogP contribution in [0.3, 0.4) is 0 Å². The van der Waals surface area contributed by atoms with Crippen molar-refractivity contribution < 1.29 is 9.21 Å². The average Bonchev–Trinajstić information content (AvgIpc) is 3.37. The van der Waals surface area contributed by atoms with E-state index in [9.17, 15) is 4.79 Å². The first kappa shape index (κ1) is 20.5. The standard InChI is InChI=1S/C25H17BrClN3O2/c26-19-9-10-23-17(11-19)12-24(32-23)25(31)29-28-13-18-15-30(22-8-4-2-6-20(18)22)14-16-5-1-3-7-21(16)27/h1-13,15H,14H2,(H,29,31)/b28-13+. The summed E-state index contributed by atoms with van der Waals surface area (Å²) >= 11 is 9.77. The van der Waals surface area contributed by atoms with Gasteiger partial charge in [0.1, 0.15) is 5.58 Å². The molecule has 0 aliphatic rings. The minimum Gasteiger partial charge on any atom is -0.451 e. The van der Waals surface area contributed by atoms with Crippen molar-refractivity contribution in [3.63, 3.8) is 0 Å². The van der Waals surface area contributed by atoms with Gasteiger partial charge in [0.05, 0.1) is 6.21 Å². The van der Waals surface area contributed by atoms with Crippen molar-refractivity contribution in [2.45, 2.75) is 6.54 Å². The molecule has 0 radical (unpaired) electrons. The van der Waals surface area contributed by atoms with Crippen molar-refractivity contribution in [2.75, 3.05) is 0 Å². The highest BCUT2D eigenvalue weighted by Gasteiger charge is 2.12. The van der Waals surface area contributed by atoms with E-state index in [1.54, 1.807) is 12.3 Å². The normalized spacial score (nSPS) is 11.6. The van der Waals surface area contributed by atoms with Crippen LogP contribution in [-0.4, -0.2) is 16.7 Å². The van der Waals surface area contributed by atoms with E-state index < -0.39 is 5.91 Å². The van der Waals surface area contributed by atoms with E-state index in [-0.39, 0.29) is 5.76 Å². The summed E-state index contributed by atoms with van der Waals surface area (Å²) in [6.45, 7) is 0.634. The summed E-state index contributed by atoms with van der Waals surface area (Å²) in [5.41, 5.74) is 6.17. The number of nitrogens with zero attached hydrogens (tertiary/aromatic N) is 2. The Hall–Kier alpha value is -3.35. The quantitative estimate of drug-likeness (QED) is 0.215. The largest absolute Gasteiger partial charge is 0.451 e. The van der Waals surface area contributed by atoms with E-state index in [4.69, 9.17) is 16.0 Å². The highest BCUT2D eigenvalue weighted by Crippen LogP contribution is 2.25. The van der Waals surface area contributed by atoms with Crippen LogP contribution in [0.15, 0.2) is 93.0 Å². The molecule has 0 atom stereocenters. The molecule has 0 fully saturated rings. The van der Waals surface area contributed by atoms with Crippen molar-refractivity contribution >= 4 is 61.5 Å². The van der Waals surface area contributed by atoms with Crippen LogP contribution >= 0.6 is 27.5 Å². The topological polar surface area (TPSA) is 59.5 Å². The number of rotatable bonds is 5. The van der Waals surface area contributed by atoms with E-state index in [2.05, 4.69) is 37.1 Å². The van der Waals surface area contributed by atoms with E-state index in [0.717, 1.165) is 36.9 Å². The molecule has 5 aromatic rings. The maximum absolute atomic E-state index is 12.5. The average molecular weight is 507 g/mol. The van der Waals surface area contributed by atoms with Crippen LogP contribution < -0.4 is 5.43 Å². The van der Waals surface area contributed by atoms with Crippen LogP contribution in [0.25, 0.3) is 21.9 Å². The molecule has 0 saturated carbocycles. The smallest absolute Gasteiger partial charge is 0.307 e. The molecule has 0 aliphatic heterocycles. The van der Waals surface area contributed by atoms with Gasteiger partial charge in [-0.05, 0) is 42.0 Å². The van der Waals surface area contributed by atoms with Gasteiger partial charge in [-0.2, -0.15) is 5.10 Å². The number of hydrogen-bond acceptors (Lipinski definition) is 3. The number of aromatic nitrogens is 1. The summed E-state index contributed by atoms with van der Waals surface area (Å²) < 4.78 is 8.66. The zero-order valence-corrected chi connectivity index (χ0v) is 19.1. The predicted octanol–water partition coefficient (Wildman–Crippen LogP) is 6.62. The molecule has 158 valence electrons. The van der Waals surface area contributed by atoms with Crippen LogP contribution in [0.5, 0.6) is 0 Å². The Morgan fingerprint density at radius 2 is 1.91 bits per heavy atom. The Kier molecular flexibility index (Phi) is 5.55. The van der Waals surface area contributed by atoms with E-state index >= 15 is 0 Å². The highest BCUT2D eigenvalue weighted by atomic mass is 79.9. The summed E-state index contributed by atoms with van der Waals surface area (Å²) in [5, 5.41) is 6.77. The van der Waals surface area contributed by atoms with Gasteiger partial charge < -0.3 is 8.98 Å². The number of benzene rings is 3. The second kappa shape index (κ2) is 8.65. The van der Waals surface area contributed by atoms with Gasteiger partial charge in [0, 0.05) is 44.1 Å². The summed E-state index contributed by atoms with van der Waals surface area (Å²) in [7, 11) is 0. The maximum atomic E-state index is 12.5. The van der Waals surface area contributed by atoms with Crippen molar-refractivity contribution in [2.24, 2.45) is 5.10 Å². The zero-order valence-electron chi connectivity index (χ0n) is 16.8. The SMILES string of the molecule is O=C(N/N=C/c1cn(Cc2ccccc2Cl)c2ccccc12)c1cc2cc(Br)ccc2o1. The Morgan fingerprint density at radius 1 is 1.09 bits per heavy atom. The molecule has 0 bridgehead atoms. The summed E-state index contributed by atoms with van der Waals surface area (Å²) in [6, 6.07) is 23.1. The number of carbonyl (C=O) groups is 1. The molecule has 0 spiro atoms. The van der Waals surface area contributed by atoms with Crippen LogP contribution in [-0.2, 0) is 6.54 Å². The van der Waals surface area contributed by atoms with Gasteiger partial charge in [0.2, 0.25) is 0 Å². The number of furan rings is 1. The first-order valence-corrected chi connectivity index (χ1v) is 11.1. The second-order valence-corrected chi connectivity index (χ2v) is 8.64. The minimum absolute atomic E-state index is 0.205. The van der Waals surface area contributed by atoms with Gasteiger partial charge >= 0.3 is 5.91 Å². The number of amides is 1. The third-order valence-electron chi connectivity index (χ3n) is 5.19. The predicted molar refractivity (Wildman–Crippen MR) is 131 cm³/mol. The second-order valence-electron chi connectivity index (χ2n) is 7.31. The van der Waals surface area contributed by atoms with Crippen LogP contribution in [0.1, 0.15) is 21.7 Å². The minimum atomic E-state index is -0.409. The van der Waals surface area contributed by atoms with Gasteiger partial charge in [-0.1, -0.05) is 63.9 Å². The molecule has 0 aliphatic carbocycles. The fourth-order valence-corrected chi connectivity index (χ4v) is 4.23. The Morgan fingerprint density at radius 3 is 2.78 bits per heavy atom. The molecule has 32 heavy (non-hydrogen) atoms. The van der Waals surface area contributed by atoms with Gasteiger partial charge in [0.25, 0.3) is 0 Å². The number of para-hydroxylation sites is 1. The molecule has 5 rings (SSSR count). The van der Waals surface area contributed by atoms with Crippen LogP contribution in [0.2, 0.25) is 5.02 Å². The lowest BCUT2D eigenvalue weighted by Crippen LogP contribution is -2.16. The first-order valence-electron chi connectivity index (χ1n) is 9.92. The molecular weight excluding hydrogens is 490 g/mol. The van der Waals surface area contributed by atoms with Crippen molar-refractivity contribution in [3.8, 4) is 0 Å². The zero-order chi connectivity index (χ0) is 22.1. The number of hydrazone groups is 1. The third-order valence-corrected chi connectivity index (χ3v) is 6.05. The fourth-order valence-electron chi connectivity index (χ4n) is 3.66. The van der Waals surface area contributed by atoms with Gasteiger partial charge in [0.15, 0.2) is 5.76 Å².